The zero-order chi connectivity index (χ0) is 20.5. The summed E-state index contributed by atoms with van der Waals surface area (Å²) in [6, 6.07) is 4.41. The molecule has 1 aliphatic carbocycles. The number of benzene rings is 1. The fourth-order valence-corrected chi connectivity index (χ4v) is 3.97. The van der Waals surface area contributed by atoms with Crippen LogP contribution in [0.5, 0.6) is 0 Å². The maximum Gasteiger partial charge on any atom is 0.408 e. The minimum atomic E-state index is -4.47. The van der Waals surface area contributed by atoms with Crippen LogP contribution in [0, 0.1) is 11.8 Å². The Morgan fingerprint density at radius 1 is 1.10 bits per heavy atom. The van der Waals surface area contributed by atoms with Crippen LogP contribution in [-0.2, 0) is 6.54 Å². The molecule has 0 spiro atoms. The predicted molar refractivity (Wildman–Crippen MR) is 93.8 cm³/mol. The molecule has 11 heteroatoms. The van der Waals surface area contributed by atoms with Crippen LogP contribution < -0.4 is 0 Å². The van der Waals surface area contributed by atoms with Crippen molar-refractivity contribution < 1.29 is 22.0 Å². The summed E-state index contributed by atoms with van der Waals surface area (Å²) in [4.78, 5) is 4.02. The Morgan fingerprint density at radius 3 is 2.66 bits per heavy atom. The lowest BCUT2D eigenvalue weighted by molar-refractivity contribution is -0.141. The van der Waals surface area contributed by atoms with Crippen LogP contribution in [0.15, 0.2) is 30.6 Å². The first kappa shape index (κ1) is 18.3. The molecule has 0 N–H and O–H groups in total. The summed E-state index contributed by atoms with van der Waals surface area (Å²) in [5.74, 6) is -1.59. The van der Waals surface area contributed by atoms with Gasteiger partial charge in [-0.05, 0) is 42.0 Å². The molecule has 1 aliphatic rings. The van der Waals surface area contributed by atoms with E-state index in [1.807, 2.05) is 0 Å². The predicted octanol–water partition coefficient (Wildman–Crippen LogP) is 4.84. The van der Waals surface area contributed by atoms with Crippen molar-refractivity contribution in [1.82, 2.24) is 24.4 Å². The van der Waals surface area contributed by atoms with Gasteiger partial charge in [-0.1, -0.05) is 11.6 Å². The molecule has 150 valence electrons. The number of fused-ring (bicyclic) bond motifs is 2. The number of nitrogens with zero attached hydrogens (tertiary/aromatic N) is 5. The zero-order valence-electron chi connectivity index (χ0n) is 14.5. The Labute approximate surface area is 164 Å². The lowest BCUT2D eigenvalue weighted by Crippen LogP contribution is -2.18. The third-order valence-corrected chi connectivity index (χ3v) is 5.29. The maximum atomic E-state index is 14.5. The summed E-state index contributed by atoms with van der Waals surface area (Å²) in [7, 11) is 0. The molecule has 0 radical (unpaired) electrons. The van der Waals surface area contributed by atoms with Crippen molar-refractivity contribution in [2.24, 2.45) is 0 Å². The standard InChI is InChI=1S/C18H11ClF5N5/c19-15-4-11(17-25-6-16(21)29(17)27-15)10-3-9(10)8-1-13(20)12-5-26-28(14(12)2-8)7-18(22,23)24/h1-2,4-6,9-10H,3,7H2/t9-,10?/m1/s1. The Balaban J connectivity index is 1.54. The summed E-state index contributed by atoms with van der Waals surface area (Å²) in [5.41, 5.74) is 1.58. The number of halogens is 6. The van der Waals surface area contributed by atoms with Crippen molar-refractivity contribution in [3.8, 4) is 0 Å². The Kier molecular flexibility index (Phi) is 3.86. The highest BCUT2D eigenvalue weighted by molar-refractivity contribution is 6.29. The van der Waals surface area contributed by atoms with E-state index in [4.69, 9.17) is 11.6 Å². The quantitative estimate of drug-likeness (QED) is 0.439. The van der Waals surface area contributed by atoms with Crippen LogP contribution in [0.3, 0.4) is 0 Å². The van der Waals surface area contributed by atoms with E-state index in [0.717, 1.165) is 21.6 Å². The molecule has 3 aromatic heterocycles. The van der Waals surface area contributed by atoms with Gasteiger partial charge in [0, 0.05) is 5.56 Å². The van der Waals surface area contributed by atoms with Crippen molar-refractivity contribution in [2.75, 3.05) is 0 Å². The van der Waals surface area contributed by atoms with Crippen LogP contribution >= 0.6 is 11.6 Å². The van der Waals surface area contributed by atoms with Crippen LogP contribution in [0.25, 0.3) is 16.6 Å². The molecule has 3 heterocycles. The lowest BCUT2D eigenvalue weighted by atomic mass is 10.0. The number of rotatable bonds is 3. The van der Waals surface area contributed by atoms with E-state index in [-0.39, 0.29) is 27.9 Å². The minimum Gasteiger partial charge on any atom is -0.256 e. The third-order valence-electron chi connectivity index (χ3n) is 5.11. The Bertz CT molecular complexity index is 1260. The minimum absolute atomic E-state index is 0.0277. The maximum absolute atomic E-state index is 14.5. The smallest absolute Gasteiger partial charge is 0.256 e. The topological polar surface area (TPSA) is 48.0 Å². The Morgan fingerprint density at radius 2 is 1.90 bits per heavy atom. The van der Waals surface area contributed by atoms with Crippen molar-refractivity contribution >= 4 is 28.2 Å². The van der Waals surface area contributed by atoms with Gasteiger partial charge < -0.3 is 0 Å². The SMILES string of the molecule is Fc1cc([C@H]2CC2c2cc(Cl)nn3c(F)cnc23)cc2c1cnn2CC(F)(F)F. The number of imidazole rings is 1. The van der Waals surface area contributed by atoms with Crippen molar-refractivity contribution in [1.29, 1.82) is 0 Å². The summed E-state index contributed by atoms with van der Waals surface area (Å²) in [6.45, 7) is -1.30. The van der Waals surface area contributed by atoms with Gasteiger partial charge >= 0.3 is 6.18 Å². The highest BCUT2D eigenvalue weighted by Gasteiger charge is 2.42. The Hall–Kier alpha value is -2.75. The van der Waals surface area contributed by atoms with Crippen LogP contribution in [0.1, 0.15) is 29.4 Å². The van der Waals surface area contributed by atoms with E-state index in [0.29, 0.717) is 23.2 Å². The van der Waals surface area contributed by atoms with Crippen molar-refractivity contribution in [3.63, 3.8) is 0 Å². The first-order valence-electron chi connectivity index (χ1n) is 8.62. The van der Waals surface area contributed by atoms with Gasteiger partial charge in [-0.3, -0.25) is 4.68 Å². The molecule has 0 aliphatic heterocycles. The molecule has 0 bridgehead atoms. The van der Waals surface area contributed by atoms with Gasteiger partial charge in [0.25, 0.3) is 0 Å². The summed E-state index contributed by atoms with van der Waals surface area (Å²) in [5, 5.41) is 7.65. The van der Waals surface area contributed by atoms with Crippen LogP contribution in [0.2, 0.25) is 5.15 Å². The molecule has 1 saturated carbocycles. The van der Waals surface area contributed by atoms with Gasteiger partial charge in [-0.2, -0.15) is 32.3 Å². The molecule has 5 nitrogen and oxygen atoms in total. The van der Waals surface area contributed by atoms with E-state index >= 15 is 0 Å². The number of alkyl halides is 3. The van der Waals surface area contributed by atoms with Crippen LogP contribution in [0.4, 0.5) is 22.0 Å². The molecular weight excluding hydrogens is 417 g/mol. The van der Waals surface area contributed by atoms with E-state index < -0.39 is 24.5 Å². The molecule has 29 heavy (non-hydrogen) atoms. The molecule has 2 atom stereocenters. The van der Waals surface area contributed by atoms with E-state index in [9.17, 15) is 22.0 Å². The fraction of sp³-hybridized carbons (Fsp3) is 0.278. The second-order valence-corrected chi connectivity index (χ2v) is 7.43. The fourth-order valence-electron chi connectivity index (χ4n) is 3.78. The van der Waals surface area contributed by atoms with Crippen molar-refractivity contribution in [2.45, 2.75) is 31.0 Å². The second kappa shape index (κ2) is 6.12. The largest absolute Gasteiger partial charge is 0.408 e. The molecule has 0 amide bonds. The van der Waals surface area contributed by atoms with E-state index in [1.165, 1.54) is 12.1 Å². The molecular formula is C18H11ClF5N5. The lowest BCUT2D eigenvalue weighted by Gasteiger charge is -2.09. The number of hydrogen-bond donors (Lipinski definition) is 0. The molecule has 1 unspecified atom stereocenters. The molecule has 1 fully saturated rings. The molecule has 0 saturated heterocycles. The summed E-state index contributed by atoms with van der Waals surface area (Å²) >= 11 is 5.98. The van der Waals surface area contributed by atoms with Gasteiger partial charge in [0.2, 0.25) is 5.95 Å². The van der Waals surface area contributed by atoms with Gasteiger partial charge in [0.15, 0.2) is 10.8 Å². The third kappa shape index (κ3) is 3.11. The highest BCUT2D eigenvalue weighted by Crippen LogP contribution is 2.56. The van der Waals surface area contributed by atoms with E-state index in [1.54, 1.807) is 6.07 Å². The highest BCUT2D eigenvalue weighted by atomic mass is 35.5. The van der Waals surface area contributed by atoms with Gasteiger partial charge in [-0.15, -0.1) is 0 Å². The molecule has 5 rings (SSSR count). The molecule has 4 aromatic rings. The van der Waals surface area contributed by atoms with Gasteiger partial charge in [-0.25, -0.2) is 9.37 Å². The second-order valence-electron chi connectivity index (χ2n) is 7.04. The first-order valence-corrected chi connectivity index (χ1v) is 9.00. The first-order chi connectivity index (χ1) is 13.7. The van der Waals surface area contributed by atoms with Gasteiger partial charge in [0.05, 0.1) is 23.3 Å². The number of aromatic nitrogens is 5. The van der Waals surface area contributed by atoms with E-state index in [2.05, 4.69) is 15.2 Å². The van der Waals surface area contributed by atoms with Gasteiger partial charge in [0.1, 0.15) is 12.4 Å². The average Bonchev–Trinajstić information content (AvgIpc) is 3.22. The van der Waals surface area contributed by atoms with Crippen LogP contribution in [-0.4, -0.2) is 30.6 Å². The summed E-state index contributed by atoms with van der Waals surface area (Å²) in [6.07, 6.45) is -1.76. The normalized spacial score (nSPS) is 19.4. The molecule has 1 aromatic carbocycles. The van der Waals surface area contributed by atoms with Crippen molar-refractivity contribution in [3.05, 3.63) is 58.6 Å². The zero-order valence-corrected chi connectivity index (χ0v) is 15.2. The number of hydrogen-bond acceptors (Lipinski definition) is 3. The monoisotopic (exact) mass is 427 g/mol. The summed E-state index contributed by atoms with van der Waals surface area (Å²) < 4.78 is 68.4. The average molecular weight is 428 g/mol.